The third kappa shape index (κ3) is 4.12. The number of hydrogen-bond donors (Lipinski definition) is 1. The van der Waals surface area contributed by atoms with Crippen molar-refractivity contribution >= 4 is 21.6 Å². The molecular weight excluding hydrogens is 328 g/mol. The Hall–Kier alpha value is -2.38. The summed E-state index contributed by atoms with van der Waals surface area (Å²) in [7, 11) is -0.676. The summed E-state index contributed by atoms with van der Waals surface area (Å²) in [6.07, 6.45) is 1.07. The fraction of sp³-hybridized carbons (Fsp3) is 0.235. The molecule has 1 amide bonds. The van der Waals surface area contributed by atoms with E-state index in [-0.39, 0.29) is 0 Å². The zero-order valence-electron chi connectivity index (χ0n) is 13.8. The van der Waals surface area contributed by atoms with Gasteiger partial charge in [0.1, 0.15) is 11.8 Å². The molecule has 0 bridgehead atoms. The first kappa shape index (κ1) is 18.0. The van der Waals surface area contributed by atoms with Crippen LogP contribution in [0.4, 0.5) is 5.69 Å². The molecule has 0 saturated heterocycles. The number of ether oxygens (including phenoxy) is 1. The number of likely N-dealkylation sites (N-methyl/N-ethyl adjacent to an activating group) is 1. The number of anilines is 1. The number of carbonyl (C=O) groups excluding carboxylic acids is 1. The maximum absolute atomic E-state index is 12.8. The quantitative estimate of drug-likeness (QED) is 0.869. The third-order valence-electron chi connectivity index (χ3n) is 3.62. The van der Waals surface area contributed by atoms with Crippen molar-refractivity contribution in [1.82, 2.24) is 4.31 Å². The van der Waals surface area contributed by atoms with E-state index < -0.39 is 22.0 Å². The van der Waals surface area contributed by atoms with E-state index in [1.165, 1.54) is 14.2 Å². The summed E-state index contributed by atoms with van der Waals surface area (Å²) in [4.78, 5) is 12.8. The number of rotatable bonds is 6. The van der Waals surface area contributed by atoms with Gasteiger partial charge in [0.05, 0.1) is 19.1 Å². The molecule has 0 aromatic heterocycles. The summed E-state index contributed by atoms with van der Waals surface area (Å²) in [6, 6.07) is 14.7. The van der Waals surface area contributed by atoms with Crippen molar-refractivity contribution < 1.29 is 17.9 Å². The Morgan fingerprint density at radius 3 is 2.25 bits per heavy atom. The number of benzene rings is 2. The highest BCUT2D eigenvalue weighted by molar-refractivity contribution is 7.88. The van der Waals surface area contributed by atoms with Crippen molar-refractivity contribution in [3.05, 3.63) is 60.2 Å². The number of methoxy groups -OCH3 is 1. The molecule has 0 aliphatic heterocycles. The lowest BCUT2D eigenvalue weighted by molar-refractivity contribution is -0.119. The lowest BCUT2D eigenvalue weighted by Gasteiger charge is -2.26. The van der Waals surface area contributed by atoms with Crippen LogP contribution in [0.3, 0.4) is 0 Å². The van der Waals surface area contributed by atoms with Gasteiger partial charge < -0.3 is 10.1 Å². The van der Waals surface area contributed by atoms with Gasteiger partial charge in [0.15, 0.2) is 0 Å². The van der Waals surface area contributed by atoms with Gasteiger partial charge in [-0.1, -0.05) is 42.5 Å². The predicted molar refractivity (Wildman–Crippen MR) is 93.4 cm³/mol. The summed E-state index contributed by atoms with van der Waals surface area (Å²) in [5, 5.41) is 2.74. The van der Waals surface area contributed by atoms with E-state index in [2.05, 4.69) is 5.32 Å². The molecule has 0 heterocycles. The molecule has 1 atom stereocenters. The normalized spacial score (nSPS) is 12.7. The Morgan fingerprint density at radius 1 is 1.08 bits per heavy atom. The molecule has 0 aliphatic rings. The summed E-state index contributed by atoms with van der Waals surface area (Å²) < 4.78 is 30.2. The van der Waals surface area contributed by atoms with Gasteiger partial charge in [-0.05, 0) is 17.7 Å². The molecule has 0 radical (unpaired) electrons. The first-order valence-corrected chi connectivity index (χ1v) is 9.11. The van der Waals surface area contributed by atoms with E-state index in [1.54, 1.807) is 54.6 Å². The molecule has 2 aromatic carbocycles. The Kier molecular flexibility index (Phi) is 5.58. The second kappa shape index (κ2) is 7.46. The zero-order chi connectivity index (χ0) is 17.7. The minimum Gasteiger partial charge on any atom is -0.495 e. The number of nitrogens with one attached hydrogen (secondary N) is 1. The topological polar surface area (TPSA) is 75.7 Å². The molecule has 24 heavy (non-hydrogen) atoms. The molecule has 6 nitrogen and oxygen atoms in total. The average Bonchev–Trinajstić information content (AvgIpc) is 2.55. The highest BCUT2D eigenvalue weighted by atomic mass is 32.2. The largest absolute Gasteiger partial charge is 0.495 e. The van der Waals surface area contributed by atoms with E-state index in [9.17, 15) is 13.2 Å². The minimum absolute atomic E-state index is 0.460. The highest BCUT2D eigenvalue weighted by Gasteiger charge is 2.31. The van der Waals surface area contributed by atoms with Gasteiger partial charge >= 0.3 is 0 Å². The first-order chi connectivity index (χ1) is 11.3. The molecule has 0 saturated carbocycles. The molecule has 0 aliphatic carbocycles. The van der Waals surface area contributed by atoms with Gasteiger partial charge in [-0.15, -0.1) is 0 Å². The molecule has 7 heteroatoms. The summed E-state index contributed by atoms with van der Waals surface area (Å²) in [5.41, 5.74) is 1.06. The fourth-order valence-corrected chi connectivity index (χ4v) is 2.90. The van der Waals surface area contributed by atoms with Gasteiger partial charge in [0.2, 0.25) is 15.9 Å². The second-order valence-electron chi connectivity index (χ2n) is 5.28. The van der Waals surface area contributed by atoms with Crippen LogP contribution in [0.2, 0.25) is 0 Å². The van der Waals surface area contributed by atoms with Crippen LogP contribution < -0.4 is 10.1 Å². The molecule has 2 rings (SSSR count). The van der Waals surface area contributed by atoms with Crippen LogP contribution in [0.1, 0.15) is 11.6 Å². The van der Waals surface area contributed by atoms with E-state index >= 15 is 0 Å². The van der Waals surface area contributed by atoms with Crippen molar-refractivity contribution in [2.75, 3.05) is 25.7 Å². The Bertz CT molecular complexity index is 806. The number of carbonyl (C=O) groups is 1. The smallest absolute Gasteiger partial charge is 0.247 e. The highest BCUT2D eigenvalue weighted by Crippen LogP contribution is 2.27. The van der Waals surface area contributed by atoms with Gasteiger partial charge in [-0.25, -0.2) is 8.42 Å². The second-order valence-corrected chi connectivity index (χ2v) is 7.32. The van der Waals surface area contributed by atoms with Crippen LogP contribution in [0.15, 0.2) is 54.6 Å². The van der Waals surface area contributed by atoms with Crippen molar-refractivity contribution in [2.45, 2.75) is 6.04 Å². The number of sulfonamides is 1. The van der Waals surface area contributed by atoms with Crippen LogP contribution in [0.5, 0.6) is 5.75 Å². The number of nitrogens with zero attached hydrogens (tertiary/aromatic N) is 1. The van der Waals surface area contributed by atoms with Crippen LogP contribution in [-0.4, -0.2) is 39.0 Å². The number of amides is 1. The molecule has 0 fully saturated rings. The van der Waals surface area contributed by atoms with E-state index in [1.807, 2.05) is 0 Å². The van der Waals surface area contributed by atoms with E-state index in [0.29, 0.717) is 17.0 Å². The Morgan fingerprint density at radius 2 is 1.67 bits per heavy atom. The standard InChI is InChI=1S/C17H20N2O4S/c1-19(24(3,21)22)16(13-9-5-4-6-10-13)17(20)18-14-11-7-8-12-15(14)23-2/h4-12,16H,1-3H3,(H,18,20). The summed E-state index contributed by atoms with van der Waals surface area (Å²) in [6.45, 7) is 0. The zero-order valence-corrected chi connectivity index (χ0v) is 14.6. The summed E-state index contributed by atoms with van der Waals surface area (Å²) in [5.74, 6) is 0.0401. The first-order valence-electron chi connectivity index (χ1n) is 7.26. The van der Waals surface area contributed by atoms with Crippen molar-refractivity contribution in [3.63, 3.8) is 0 Å². The van der Waals surface area contributed by atoms with Crippen LogP contribution in [0.25, 0.3) is 0 Å². The molecule has 0 spiro atoms. The van der Waals surface area contributed by atoms with Gasteiger partial charge in [0.25, 0.3) is 0 Å². The maximum Gasteiger partial charge on any atom is 0.247 e. The SMILES string of the molecule is COc1ccccc1NC(=O)C(c1ccccc1)N(C)S(C)(=O)=O. The summed E-state index contributed by atoms with van der Waals surface area (Å²) >= 11 is 0. The molecular formula is C17H20N2O4S. The van der Waals surface area contributed by atoms with Gasteiger partial charge in [-0.2, -0.15) is 4.31 Å². The van der Waals surface area contributed by atoms with E-state index in [4.69, 9.17) is 4.74 Å². The van der Waals surface area contributed by atoms with Crippen LogP contribution >= 0.6 is 0 Å². The van der Waals surface area contributed by atoms with Crippen molar-refractivity contribution in [3.8, 4) is 5.75 Å². The Labute approximate surface area is 142 Å². The Balaban J connectivity index is 2.38. The van der Waals surface area contributed by atoms with Crippen molar-refractivity contribution in [2.24, 2.45) is 0 Å². The van der Waals surface area contributed by atoms with Gasteiger partial charge in [-0.3, -0.25) is 4.79 Å². The van der Waals surface area contributed by atoms with E-state index in [0.717, 1.165) is 10.6 Å². The predicted octanol–water partition coefficient (Wildman–Crippen LogP) is 2.27. The number of hydrogen-bond acceptors (Lipinski definition) is 4. The van der Waals surface area contributed by atoms with Crippen LogP contribution in [0, 0.1) is 0 Å². The molecule has 1 unspecified atom stereocenters. The lowest BCUT2D eigenvalue weighted by atomic mass is 10.1. The maximum atomic E-state index is 12.8. The lowest BCUT2D eigenvalue weighted by Crippen LogP contribution is -2.38. The molecule has 2 aromatic rings. The fourth-order valence-electron chi connectivity index (χ4n) is 2.30. The minimum atomic E-state index is -3.56. The van der Waals surface area contributed by atoms with Gasteiger partial charge in [0, 0.05) is 7.05 Å². The van der Waals surface area contributed by atoms with Crippen molar-refractivity contribution in [1.29, 1.82) is 0 Å². The molecule has 128 valence electrons. The molecule has 1 N–H and O–H groups in total. The average molecular weight is 348 g/mol. The van der Waals surface area contributed by atoms with Crippen LogP contribution in [-0.2, 0) is 14.8 Å². The number of para-hydroxylation sites is 2. The third-order valence-corrected chi connectivity index (χ3v) is 4.87. The monoisotopic (exact) mass is 348 g/mol.